The number of rotatable bonds is 1. The van der Waals surface area contributed by atoms with Crippen molar-refractivity contribution in [1.82, 2.24) is 9.55 Å². The van der Waals surface area contributed by atoms with E-state index in [1.165, 1.54) is 13.2 Å². The van der Waals surface area contributed by atoms with E-state index >= 15 is 0 Å². The molecule has 0 unspecified atom stereocenters. The van der Waals surface area contributed by atoms with Crippen LogP contribution in [0, 0.1) is 0 Å². The van der Waals surface area contributed by atoms with Crippen LogP contribution in [-0.2, 0) is 13.5 Å². The predicted octanol–water partition coefficient (Wildman–Crippen LogP) is 0.667. The van der Waals surface area contributed by atoms with Gasteiger partial charge in [-0.1, -0.05) is 18.2 Å². The zero-order chi connectivity index (χ0) is 15.0. The summed E-state index contributed by atoms with van der Waals surface area (Å²) >= 11 is 0. The highest BCUT2D eigenvalue weighted by atomic mass is 16.2. The second-order valence-corrected chi connectivity index (χ2v) is 5.06. The number of nitrogens with one attached hydrogen (secondary N) is 1. The Kier molecular flexibility index (Phi) is 3.21. The van der Waals surface area contributed by atoms with E-state index in [1.54, 1.807) is 4.90 Å². The lowest BCUT2D eigenvalue weighted by Crippen LogP contribution is -2.42. The van der Waals surface area contributed by atoms with Crippen LogP contribution < -0.4 is 16.1 Å². The number of hydrogen-bond donors (Lipinski definition) is 1. The molecule has 1 aromatic carbocycles. The fraction of sp³-hybridized carbons (Fsp3) is 0.267. The average molecular weight is 285 g/mol. The molecule has 1 N–H and O–H groups in total. The number of nitrogens with zero attached hydrogens (tertiary/aromatic N) is 2. The summed E-state index contributed by atoms with van der Waals surface area (Å²) in [5, 5.41) is 0. The number of amides is 1. The number of aromatic nitrogens is 2. The topological polar surface area (TPSA) is 75.2 Å². The molecule has 0 bridgehead atoms. The number of aromatic amines is 1. The molecule has 1 aliphatic rings. The Morgan fingerprint density at radius 2 is 2.00 bits per heavy atom. The molecule has 0 atom stereocenters. The smallest absolute Gasteiger partial charge is 0.313 e. The largest absolute Gasteiger partial charge is 0.328 e. The highest BCUT2D eigenvalue weighted by molar-refractivity contribution is 6.06. The number of anilines is 1. The molecule has 2 heterocycles. The highest BCUT2D eigenvalue weighted by Crippen LogP contribution is 2.27. The maximum absolute atomic E-state index is 12.6. The Morgan fingerprint density at radius 3 is 2.81 bits per heavy atom. The van der Waals surface area contributed by atoms with Gasteiger partial charge in [-0.3, -0.25) is 14.2 Å². The van der Waals surface area contributed by atoms with Gasteiger partial charge in [0.15, 0.2) is 0 Å². The number of fused-ring (bicyclic) bond motifs is 1. The van der Waals surface area contributed by atoms with E-state index in [-0.39, 0.29) is 11.5 Å². The number of aryl methyl sites for hydroxylation is 1. The first kappa shape index (κ1) is 13.4. The van der Waals surface area contributed by atoms with Crippen molar-refractivity contribution in [3.05, 3.63) is 62.4 Å². The third-order valence-electron chi connectivity index (χ3n) is 3.77. The van der Waals surface area contributed by atoms with Gasteiger partial charge in [0.2, 0.25) is 0 Å². The minimum atomic E-state index is -0.577. The maximum Gasteiger partial charge on any atom is 0.328 e. The van der Waals surface area contributed by atoms with Crippen LogP contribution in [0.2, 0.25) is 0 Å². The van der Waals surface area contributed by atoms with Crippen LogP contribution >= 0.6 is 0 Å². The molecule has 0 radical (unpaired) electrons. The number of para-hydroxylation sites is 1. The van der Waals surface area contributed by atoms with Crippen molar-refractivity contribution in [1.29, 1.82) is 0 Å². The van der Waals surface area contributed by atoms with Gasteiger partial charge in [0, 0.05) is 25.5 Å². The van der Waals surface area contributed by atoms with Crippen molar-refractivity contribution >= 4 is 11.6 Å². The lowest BCUT2D eigenvalue weighted by molar-refractivity contribution is 0.0982. The third-order valence-corrected chi connectivity index (χ3v) is 3.77. The molecule has 1 amide bonds. The van der Waals surface area contributed by atoms with E-state index < -0.39 is 11.2 Å². The minimum absolute atomic E-state index is 0.0196. The van der Waals surface area contributed by atoms with E-state index in [9.17, 15) is 14.4 Å². The molecule has 1 aliphatic heterocycles. The molecular formula is C15H15N3O3. The summed E-state index contributed by atoms with van der Waals surface area (Å²) in [5.41, 5.74) is 0.802. The monoisotopic (exact) mass is 285 g/mol. The quantitative estimate of drug-likeness (QED) is 0.836. The predicted molar refractivity (Wildman–Crippen MR) is 78.7 cm³/mol. The Morgan fingerprint density at radius 1 is 1.24 bits per heavy atom. The van der Waals surface area contributed by atoms with Crippen molar-refractivity contribution in [2.45, 2.75) is 12.8 Å². The normalized spacial score (nSPS) is 13.9. The molecule has 0 spiro atoms. The number of hydrogen-bond acceptors (Lipinski definition) is 3. The minimum Gasteiger partial charge on any atom is -0.313 e. The number of H-pyrrole nitrogens is 1. The van der Waals surface area contributed by atoms with Crippen molar-refractivity contribution in [3.63, 3.8) is 0 Å². The SMILES string of the molecule is Cn1c(=O)[nH]cc(C(=O)N2CCCc3ccccc32)c1=O. The van der Waals surface area contributed by atoms with Crippen LogP contribution in [0.1, 0.15) is 22.3 Å². The molecule has 21 heavy (non-hydrogen) atoms. The van der Waals surface area contributed by atoms with E-state index in [1.807, 2.05) is 24.3 Å². The van der Waals surface area contributed by atoms with Crippen molar-refractivity contribution in [3.8, 4) is 0 Å². The Hall–Kier alpha value is -2.63. The van der Waals surface area contributed by atoms with Crippen molar-refractivity contribution in [2.75, 3.05) is 11.4 Å². The average Bonchev–Trinajstić information content (AvgIpc) is 2.51. The summed E-state index contributed by atoms with van der Waals surface area (Å²) in [6.07, 6.45) is 2.97. The molecule has 2 aromatic rings. The number of benzene rings is 1. The van der Waals surface area contributed by atoms with Gasteiger partial charge in [0.25, 0.3) is 11.5 Å². The number of carbonyl (C=O) groups is 1. The van der Waals surface area contributed by atoms with Crippen LogP contribution in [0.25, 0.3) is 0 Å². The first-order valence-electron chi connectivity index (χ1n) is 6.78. The van der Waals surface area contributed by atoms with E-state index in [2.05, 4.69) is 4.98 Å². The van der Waals surface area contributed by atoms with Gasteiger partial charge in [-0.05, 0) is 24.5 Å². The fourth-order valence-electron chi connectivity index (χ4n) is 2.61. The lowest BCUT2D eigenvalue weighted by Gasteiger charge is -2.29. The molecule has 0 aliphatic carbocycles. The summed E-state index contributed by atoms with van der Waals surface area (Å²) in [7, 11) is 1.35. The van der Waals surface area contributed by atoms with Crippen molar-refractivity contribution in [2.24, 2.45) is 7.05 Å². The van der Waals surface area contributed by atoms with Gasteiger partial charge in [-0.2, -0.15) is 0 Å². The molecule has 0 saturated carbocycles. The van der Waals surface area contributed by atoms with Crippen LogP contribution in [0.3, 0.4) is 0 Å². The molecular weight excluding hydrogens is 270 g/mol. The summed E-state index contributed by atoms with van der Waals surface area (Å²) in [4.78, 5) is 40.1. The van der Waals surface area contributed by atoms with E-state index in [0.717, 1.165) is 28.7 Å². The molecule has 1 aromatic heterocycles. The fourth-order valence-corrected chi connectivity index (χ4v) is 2.61. The summed E-state index contributed by atoms with van der Waals surface area (Å²) in [5.74, 6) is -0.376. The van der Waals surface area contributed by atoms with Crippen LogP contribution in [0.4, 0.5) is 5.69 Å². The second kappa shape index (κ2) is 5.05. The third kappa shape index (κ3) is 2.18. The second-order valence-electron chi connectivity index (χ2n) is 5.06. The zero-order valence-electron chi connectivity index (χ0n) is 11.6. The van der Waals surface area contributed by atoms with Crippen LogP contribution in [-0.4, -0.2) is 22.0 Å². The Bertz CT molecular complexity index is 819. The Labute approximate surface area is 120 Å². The molecule has 6 heteroatoms. The summed E-state index contributed by atoms with van der Waals surface area (Å²) in [6, 6.07) is 7.67. The van der Waals surface area contributed by atoms with E-state index in [0.29, 0.717) is 6.54 Å². The van der Waals surface area contributed by atoms with Crippen molar-refractivity contribution < 1.29 is 4.79 Å². The number of carbonyl (C=O) groups excluding carboxylic acids is 1. The first-order chi connectivity index (χ1) is 10.1. The maximum atomic E-state index is 12.6. The molecule has 108 valence electrons. The summed E-state index contributed by atoms with van der Waals surface area (Å²) in [6.45, 7) is 0.568. The lowest BCUT2D eigenvalue weighted by atomic mass is 10.0. The van der Waals surface area contributed by atoms with Gasteiger partial charge in [0.1, 0.15) is 5.56 Å². The van der Waals surface area contributed by atoms with E-state index in [4.69, 9.17) is 0 Å². The first-order valence-corrected chi connectivity index (χ1v) is 6.78. The molecule has 3 rings (SSSR count). The van der Waals surface area contributed by atoms with Gasteiger partial charge >= 0.3 is 5.69 Å². The molecule has 6 nitrogen and oxygen atoms in total. The molecule has 0 fully saturated rings. The highest BCUT2D eigenvalue weighted by Gasteiger charge is 2.25. The van der Waals surface area contributed by atoms with Gasteiger partial charge in [-0.25, -0.2) is 4.79 Å². The molecule has 0 saturated heterocycles. The Balaban J connectivity index is 2.07. The van der Waals surface area contributed by atoms with Gasteiger partial charge < -0.3 is 9.88 Å². The van der Waals surface area contributed by atoms with Crippen LogP contribution in [0.5, 0.6) is 0 Å². The summed E-state index contributed by atoms with van der Waals surface area (Å²) < 4.78 is 0.906. The van der Waals surface area contributed by atoms with Gasteiger partial charge in [-0.15, -0.1) is 0 Å². The van der Waals surface area contributed by atoms with Crippen LogP contribution in [0.15, 0.2) is 40.1 Å². The standard InChI is InChI=1S/C15H15N3O3/c1-17-13(19)11(9-16-15(17)21)14(20)18-8-4-6-10-5-2-3-7-12(10)18/h2-3,5,7,9H,4,6,8H2,1H3,(H,16,21). The van der Waals surface area contributed by atoms with Gasteiger partial charge in [0.05, 0.1) is 0 Å². The zero-order valence-corrected chi connectivity index (χ0v) is 11.6.